The molecule has 2 amide bonds. The molecular formula is C13H18N2O2S2. The maximum atomic E-state index is 11.9. The van der Waals surface area contributed by atoms with Crippen molar-refractivity contribution in [2.24, 2.45) is 0 Å². The molecule has 1 aromatic heterocycles. The second-order valence-electron chi connectivity index (χ2n) is 4.88. The van der Waals surface area contributed by atoms with E-state index < -0.39 is 0 Å². The zero-order chi connectivity index (χ0) is 14.0. The SMILES string of the molecule is Cc1ccsc1[C@H]1SCC(=O)N1CC(=O)NC(C)C. The number of nitrogens with zero attached hydrogens (tertiary/aromatic N) is 1. The van der Waals surface area contributed by atoms with Crippen LogP contribution in [-0.4, -0.2) is 35.1 Å². The molecule has 0 aromatic carbocycles. The molecule has 0 radical (unpaired) electrons. The minimum atomic E-state index is -0.0925. The third-order valence-corrected chi connectivity index (χ3v) is 5.30. The summed E-state index contributed by atoms with van der Waals surface area (Å²) in [5, 5.41) is 4.85. The lowest BCUT2D eigenvalue weighted by molar-refractivity contribution is -0.134. The second-order valence-corrected chi connectivity index (χ2v) is 6.89. The van der Waals surface area contributed by atoms with Crippen LogP contribution in [0.1, 0.15) is 29.7 Å². The summed E-state index contributed by atoms with van der Waals surface area (Å²) >= 11 is 3.25. The Bertz CT molecular complexity index is 485. The van der Waals surface area contributed by atoms with Gasteiger partial charge in [-0.25, -0.2) is 0 Å². The summed E-state index contributed by atoms with van der Waals surface area (Å²) in [6.07, 6.45) is 0. The van der Waals surface area contributed by atoms with Gasteiger partial charge in [0.1, 0.15) is 11.9 Å². The molecule has 0 bridgehead atoms. The normalized spacial score (nSPS) is 19.3. The van der Waals surface area contributed by atoms with Crippen LogP contribution >= 0.6 is 23.1 Å². The lowest BCUT2D eigenvalue weighted by Gasteiger charge is -2.23. The Hall–Kier alpha value is -1.01. The van der Waals surface area contributed by atoms with Gasteiger partial charge in [0.15, 0.2) is 0 Å². The fraction of sp³-hybridized carbons (Fsp3) is 0.538. The molecule has 1 saturated heterocycles. The van der Waals surface area contributed by atoms with Crippen LogP contribution in [0.4, 0.5) is 0 Å². The monoisotopic (exact) mass is 298 g/mol. The Morgan fingerprint density at radius 2 is 2.32 bits per heavy atom. The van der Waals surface area contributed by atoms with Gasteiger partial charge < -0.3 is 10.2 Å². The molecule has 0 aliphatic carbocycles. The third kappa shape index (κ3) is 3.30. The van der Waals surface area contributed by atoms with E-state index in [1.165, 1.54) is 10.4 Å². The van der Waals surface area contributed by atoms with E-state index in [-0.39, 0.29) is 29.8 Å². The van der Waals surface area contributed by atoms with Gasteiger partial charge in [-0.3, -0.25) is 9.59 Å². The van der Waals surface area contributed by atoms with E-state index in [0.717, 1.165) is 0 Å². The fourth-order valence-corrected chi connectivity index (χ4v) is 4.46. The molecule has 0 spiro atoms. The van der Waals surface area contributed by atoms with Crippen molar-refractivity contribution in [3.63, 3.8) is 0 Å². The Morgan fingerprint density at radius 3 is 2.89 bits per heavy atom. The highest BCUT2D eigenvalue weighted by molar-refractivity contribution is 8.00. The number of hydrogen-bond acceptors (Lipinski definition) is 4. The molecule has 19 heavy (non-hydrogen) atoms. The molecule has 4 nitrogen and oxygen atoms in total. The molecular weight excluding hydrogens is 280 g/mol. The number of carbonyl (C=O) groups is 2. The zero-order valence-electron chi connectivity index (χ0n) is 11.3. The van der Waals surface area contributed by atoms with Gasteiger partial charge in [-0.2, -0.15) is 0 Å². The summed E-state index contributed by atoms with van der Waals surface area (Å²) in [5.74, 6) is 0.406. The highest BCUT2D eigenvalue weighted by atomic mass is 32.2. The fourth-order valence-electron chi connectivity index (χ4n) is 2.00. The first kappa shape index (κ1) is 14.4. The number of thiophene rings is 1. The van der Waals surface area contributed by atoms with E-state index in [4.69, 9.17) is 0 Å². The Morgan fingerprint density at radius 1 is 1.58 bits per heavy atom. The number of rotatable bonds is 4. The highest BCUT2D eigenvalue weighted by Crippen LogP contribution is 2.41. The molecule has 6 heteroatoms. The van der Waals surface area contributed by atoms with Crippen LogP contribution in [0.15, 0.2) is 11.4 Å². The van der Waals surface area contributed by atoms with Crippen LogP contribution in [0.25, 0.3) is 0 Å². The predicted octanol–water partition coefficient (Wildman–Crippen LogP) is 2.16. The molecule has 0 unspecified atom stereocenters. The van der Waals surface area contributed by atoms with E-state index in [2.05, 4.69) is 11.4 Å². The van der Waals surface area contributed by atoms with E-state index in [1.807, 2.05) is 26.2 Å². The number of aryl methyl sites for hydroxylation is 1. The van der Waals surface area contributed by atoms with Crippen LogP contribution in [0.5, 0.6) is 0 Å². The van der Waals surface area contributed by atoms with Crippen molar-refractivity contribution in [2.75, 3.05) is 12.3 Å². The molecule has 1 N–H and O–H groups in total. The highest BCUT2D eigenvalue weighted by Gasteiger charge is 2.35. The summed E-state index contributed by atoms with van der Waals surface area (Å²) in [6, 6.07) is 2.15. The smallest absolute Gasteiger partial charge is 0.239 e. The summed E-state index contributed by atoms with van der Waals surface area (Å²) in [7, 11) is 0. The quantitative estimate of drug-likeness (QED) is 0.926. The van der Waals surface area contributed by atoms with Gasteiger partial charge in [0.05, 0.1) is 5.75 Å². The van der Waals surface area contributed by atoms with E-state index in [1.54, 1.807) is 28.0 Å². The van der Waals surface area contributed by atoms with E-state index >= 15 is 0 Å². The molecule has 2 rings (SSSR count). The summed E-state index contributed by atoms with van der Waals surface area (Å²) in [5.41, 5.74) is 1.19. The van der Waals surface area contributed by atoms with Crippen LogP contribution in [0, 0.1) is 6.92 Å². The minimum Gasteiger partial charge on any atom is -0.352 e. The van der Waals surface area contributed by atoms with Gasteiger partial charge in [-0.1, -0.05) is 0 Å². The molecule has 104 valence electrons. The number of nitrogens with one attached hydrogen (secondary N) is 1. The zero-order valence-corrected chi connectivity index (χ0v) is 12.9. The van der Waals surface area contributed by atoms with Gasteiger partial charge in [-0.05, 0) is 37.8 Å². The standard InChI is InChI=1S/C13H18N2O2S2/c1-8(2)14-10(16)6-15-11(17)7-19-13(15)12-9(3)4-5-18-12/h4-5,8,13H,6-7H2,1-3H3,(H,14,16)/t13-/m1/s1. The van der Waals surface area contributed by atoms with Gasteiger partial charge in [0.25, 0.3) is 0 Å². The van der Waals surface area contributed by atoms with Crippen LogP contribution in [0.2, 0.25) is 0 Å². The second kappa shape index (κ2) is 5.96. The van der Waals surface area contributed by atoms with Crippen molar-refractivity contribution in [3.05, 3.63) is 21.9 Å². The van der Waals surface area contributed by atoms with Crippen molar-refractivity contribution < 1.29 is 9.59 Å². The topological polar surface area (TPSA) is 49.4 Å². The van der Waals surface area contributed by atoms with Crippen molar-refractivity contribution in [2.45, 2.75) is 32.2 Å². The molecule has 1 aliphatic rings. The summed E-state index contributed by atoms with van der Waals surface area (Å²) in [4.78, 5) is 26.6. The predicted molar refractivity (Wildman–Crippen MR) is 79.2 cm³/mol. The van der Waals surface area contributed by atoms with Crippen molar-refractivity contribution >= 4 is 34.9 Å². The van der Waals surface area contributed by atoms with Gasteiger partial charge >= 0.3 is 0 Å². The lowest BCUT2D eigenvalue weighted by atomic mass is 10.2. The Kier molecular flexibility index (Phi) is 4.52. The molecule has 1 aromatic rings. The van der Waals surface area contributed by atoms with Gasteiger partial charge in [0, 0.05) is 10.9 Å². The third-order valence-electron chi connectivity index (χ3n) is 2.86. The first-order valence-electron chi connectivity index (χ1n) is 6.23. The van der Waals surface area contributed by atoms with Crippen LogP contribution in [0.3, 0.4) is 0 Å². The van der Waals surface area contributed by atoms with Gasteiger partial charge in [0.2, 0.25) is 11.8 Å². The average molecular weight is 298 g/mol. The molecule has 2 heterocycles. The number of carbonyl (C=O) groups excluding carboxylic acids is 2. The molecule has 1 aliphatic heterocycles. The van der Waals surface area contributed by atoms with Crippen molar-refractivity contribution in [1.82, 2.24) is 10.2 Å². The summed E-state index contributed by atoms with van der Waals surface area (Å²) < 4.78 is 0. The first-order chi connectivity index (χ1) is 8.99. The molecule has 1 atom stereocenters. The number of hydrogen-bond donors (Lipinski definition) is 1. The van der Waals surface area contributed by atoms with Crippen LogP contribution < -0.4 is 5.32 Å². The summed E-state index contributed by atoms with van der Waals surface area (Å²) in [6.45, 7) is 6.02. The van der Waals surface area contributed by atoms with Crippen molar-refractivity contribution in [3.8, 4) is 0 Å². The number of amides is 2. The van der Waals surface area contributed by atoms with E-state index in [0.29, 0.717) is 5.75 Å². The molecule has 1 fully saturated rings. The largest absolute Gasteiger partial charge is 0.352 e. The first-order valence-corrected chi connectivity index (χ1v) is 8.16. The van der Waals surface area contributed by atoms with Gasteiger partial charge in [-0.15, -0.1) is 23.1 Å². The Labute approximate surface area is 121 Å². The Balaban J connectivity index is 2.10. The molecule has 0 saturated carbocycles. The lowest BCUT2D eigenvalue weighted by Crippen LogP contribution is -2.41. The number of thioether (sulfide) groups is 1. The van der Waals surface area contributed by atoms with E-state index in [9.17, 15) is 9.59 Å². The maximum absolute atomic E-state index is 11.9. The average Bonchev–Trinajstić information content (AvgIpc) is 2.86. The minimum absolute atomic E-state index is 0.00888. The van der Waals surface area contributed by atoms with Crippen LogP contribution in [-0.2, 0) is 9.59 Å². The maximum Gasteiger partial charge on any atom is 0.239 e. The van der Waals surface area contributed by atoms with Crippen molar-refractivity contribution in [1.29, 1.82) is 0 Å².